The van der Waals surface area contributed by atoms with Gasteiger partial charge >= 0.3 is 5.97 Å². The summed E-state index contributed by atoms with van der Waals surface area (Å²) in [5.41, 5.74) is 0.255. The lowest BCUT2D eigenvalue weighted by Gasteiger charge is -2.07. The van der Waals surface area contributed by atoms with E-state index in [1.165, 1.54) is 11.3 Å². The predicted molar refractivity (Wildman–Crippen MR) is 75.9 cm³/mol. The number of aryl methyl sites for hydroxylation is 1. The molecule has 0 spiro atoms. The molecule has 0 atom stereocenters. The second-order valence-corrected chi connectivity index (χ2v) is 6.27. The lowest BCUT2D eigenvalue weighted by atomic mass is 10.2. The van der Waals surface area contributed by atoms with Gasteiger partial charge in [-0.2, -0.15) is 13.1 Å². The van der Waals surface area contributed by atoms with Gasteiger partial charge in [0.15, 0.2) is 0 Å². The largest absolute Gasteiger partial charge is 0.462 e. The van der Waals surface area contributed by atoms with Crippen LogP contribution in [0.3, 0.4) is 0 Å². The third-order valence-electron chi connectivity index (χ3n) is 2.19. The summed E-state index contributed by atoms with van der Waals surface area (Å²) in [5, 5.41) is 0.288. The van der Waals surface area contributed by atoms with E-state index >= 15 is 0 Å². The summed E-state index contributed by atoms with van der Waals surface area (Å²) in [7, 11) is -3.65. The number of thiophene rings is 1. The first-order valence-corrected chi connectivity index (χ1v) is 8.30. The molecule has 19 heavy (non-hydrogen) atoms. The number of hydrogen-bond donors (Lipinski definition) is 2. The van der Waals surface area contributed by atoms with E-state index in [0.717, 1.165) is 11.3 Å². The summed E-state index contributed by atoms with van der Waals surface area (Å²) in [4.78, 5) is 12.7. The lowest BCUT2D eigenvalue weighted by Crippen LogP contribution is -2.30. The van der Waals surface area contributed by atoms with Gasteiger partial charge in [0.2, 0.25) is 0 Å². The quantitative estimate of drug-likeness (QED) is 0.752. The number of carbonyl (C=O) groups excluding carboxylic acids is 1. The molecule has 0 aromatic carbocycles. The monoisotopic (exact) mass is 306 g/mol. The van der Waals surface area contributed by atoms with Gasteiger partial charge in [-0.25, -0.2) is 4.79 Å². The first-order chi connectivity index (χ1) is 8.93. The Morgan fingerprint density at radius 2 is 2.05 bits per heavy atom. The highest BCUT2D eigenvalue weighted by atomic mass is 32.2. The fourth-order valence-electron chi connectivity index (χ4n) is 1.40. The number of carbonyl (C=O) groups is 1. The summed E-state index contributed by atoms with van der Waals surface area (Å²) in [6, 6.07) is 1.66. The number of ether oxygens (including phenoxy) is 1. The Labute approximate surface area is 117 Å². The summed E-state index contributed by atoms with van der Waals surface area (Å²) in [6.45, 7) is 5.83. The zero-order valence-electron chi connectivity index (χ0n) is 11.1. The molecule has 8 heteroatoms. The lowest BCUT2D eigenvalue weighted by molar-refractivity contribution is 0.0528. The summed E-state index contributed by atoms with van der Waals surface area (Å²) in [6.07, 6.45) is 0.722. The molecule has 2 N–H and O–H groups in total. The molecule has 0 unspecified atom stereocenters. The third-order valence-corrected chi connectivity index (χ3v) is 4.65. The van der Waals surface area contributed by atoms with Gasteiger partial charge in [-0.1, -0.05) is 13.8 Å². The standard InChI is InChI=1S/C11H18N2O4S2/c1-4-8-7-9(11(14)17-6-3)10(18-8)13-19(15,16)12-5-2/h7,12-13H,4-6H2,1-3H3. The topological polar surface area (TPSA) is 84.5 Å². The molecule has 0 fully saturated rings. The number of hydrogen-bond acceptors (Lipinski definition) is 5. The maximum Gasteiger partial charge on any atom is 0.341 e. The molecule has 0 bridgehead atoms. The van der Waals surface area contributed by atoms with Crippen LogP contribution < -0.4 is 9.44 Å². The van der Waals surface area contributed by atoms with Gasteiger partial charge in [-0.15, -0.1) is 11.3 Å². The van der Waals surface area contributed by atoms with Gasteiger partial charge in [-0.05, 0) is 19.4 Å². The van der Waals surface area contributed by atoms with Crippen LogP contribution in [0.25, 0.3) is 0 Å². The molecule has 0 aliphatic heterocycles. The van der Waals surface area contributed by atoms with Crippen LogP contribution in [0.4, 0.5) is 5.00 Å². The first kappa shape index (κ1) is 15.9. The van der Waals surface area contributed by atoms with Crippen LogP contribution in [-0.2, 0) is 21.4 Å². The number of rotatable bonds is 7. The van der Waals surface area contributed by atoms with E-state index in [9.17, 15) is 13.2 Å². The fourth-order valence-corrected chi connectivity index (χ4v) is 3.54. The minimum atomic E-state index is -3.65. The van der Waals surface area contributed by atoms with Gasteiger partial charge in [0.25, 0.3) is 10.2 Å². The van der Waals surface area contributed by atoms with Crippen molar-refractivity contribution in [3.05, 3.63) is 16.5 Å². The van der Waals surface area contributed by atoms with E-state index in [4.69, 9.17) is 4.74 Å². The summed E-state index contributed by atoms with van der Waals surface area (Å²) >= 11 is 1.24. The van der Waals surface area contributed by atoms with Crippen LogP contribution in [0, 0.1) is 0 Å². The summed E-state index contributed by atoms with van der Waals surface area (Å²) in [5.74, 6) is -0.521. The zero-order valence-corrected chi connectivity index (χ0v) is 12.8. The van der Waals surface area contributed by atoms with Crippen molar-refractivity contribution < 1.29 is 17.9 Å². The van der Waals surface area contributed by atoms with Gasteiger partial charge in [-0.3, -0.25) is 4.72 Å². The zero-order chi connectivity index (χ0) is 14.5. The number of esters is 1. The van der Waals surface area contributed by atoms with Crippen LogP contribution in [0.2, 0.25) is 0 Å². The van der Waals surface area contributed by atoms with Crippen LogP contribution in [0.15, 0.2) is 6.07 Å². The van der Waals surface area contributed by atoms with E-state index < -0.39 is 16.2 Å². The van der Waals surface area contributed by atoms with Crippen molar-refractivity contribution >= 4 is 32.5 Å². The molecule has 0 aliphatic rings. The van der Waals surface area contributed by atoms with E-state index in [-0.39, 0.29) is 23.7 Å². The maximum absolute atomic E-state index is 11.8. The third kappa shape index (κ3) is 4.48. The Bertz CT molecular complexity index is 537. The molecule has 6 nitrogen and oxygen atoms in total. The van der Waals surface area contributed by atoms with Gasteiger partial charge in [0, 0.05) is 11.4 Å². The molecular formula is C11H18N2O4S2. The van der Waals surface area contributed by atoms with Crippen molar-refractivity contribution in [2.24, 2.45) is 0 Å². The van der Waals surface area contributed by atoms with Gasteiger partial charge < -0.3 is 4.74 Å². The van der Waals surface area contributed by atoms with Crippen LogP contribution >= 0.6 is 11.3 Å². The highest BCUT2D eigenvalue weighted by Gasteiger charge is 2.20. The summed E-state index contributed by atoms with van der Waals surface area (Å²) < 4.78 is 32.9. The average molecular weight is 306 g/mol. The molecule has 0 saturated carbocycles. The molecular weight excluding hydrogens is 288 g/mol. The van der Waals surface area contributed by atoms with Crippen LogP contribution in [-0.4, -0.2) is 27.5 Å². The van der Waals surface area contributed by atoms with E-state index in [1.54, 1.807) is 19.9 Å². The Hall–Kier alpha value is -1.12. The van der Waals surface area contributed by atoms with Crippen molar-refractivity contribution in [2.45, 2.75) is 27.2 Å². The van der Waals surface area contributed by atoms with Crippen molar-refractivity contribution in [3.63, 3.8) is 0 Å². The number of nitrogens with one attached hydrogen (secondary N) is 2. The molecule has 0 amide bonds. The normalized spacial score (nSPS) is 11.3. The SMILES string of the molecule is CCNS(=O)(=O)Nc1sc(CC)cc1C(=O)OCC. The number of anilines is 1. The van der Waals surface area contributed by atoms with E-state index in [1.807, 2.05) is 6.92 Å². The molecule has 1 heterocycles. The molecule has 0 aliphatic carbocycles. The highest BCUT2D eigenvalue weighted by Crippen LogP contribution is 2.29. The predicted octanol–water partition coefficient (Wildman–Crippen LogP) is 1.75. The van der Waals surface area contributed by atoms with Gasteiger partial charge in [0.1, 0.15) is 5.00 Å². The van der Waals surface area contributed by atoms with Crippen LogP contribution in [0.1, 0.15) is 36.0 Å². The van der Waals surface area contributed by atoms with Crippen molar-refractivity contribution in [1.29, 1.82) is 0 Å². The average Bonchev–Trinajstić information content (AvgIpc) is 2.71. The molecule has 108 valence electrons. The second kappa shape index (κ2) is 6.88. The van der Waals surface area contributed by atoms with Crippen molar-refractivity contribution in [2.75, 3.05) is 17.9 Å². The molecule has 1 rings (SSSR count). The van der Waals surface area contributed by atoms with Crippen molar-refractivity contribution in [3.8, 4) is 0 Å². The Morgan fingerprint density at radius 3 is 2.58 bits per heavy atom. The first-order valence-electron chi connectivity index (χ1n) is 6.00. The Morgan fingerprint density at radius 1 is 1.37 bits per heavy atom. The molecule has 0 radical (unpaired) electrons. The Balaban J connectivity index is 3.05. The molecule has 0 saturated heterocycles. The minimum absolute atomic E-state index is 0.246. The van der Waals surface area contributed by atoms with Gasteiger partial charge in [0.05, 0.1) is 12.2 Å². The van der Waals surface area contributed by atoms with Crippen LogP contribution in [0.5, 0.6) is 0 Å². The second-order valence-electron chi connectivity index (χ2n) is 3.63. The minimum Gasteiger partial charge on any atom is -0.462 e. The van der Waals surface area contributed by atoms with Crippen molar-refractivity contribution in [1.82, 2.24) is 4.72 Å². The fraction of sp³-hybridized carbons (Fsp3) is 0.545. The maximum atomic E-state index is 11.8. The Kier molecular flexibility index (Phi) is 5.77. The smallest absolute Gasteiger partial charge is 0.341 e. The molecule has 1 aromatic heterocycles. The highest BCUT2D eigenvalue weighted by molar-refractivity contribution is 7.91. The van der Waals surface area contributed by atoms with E-state index in [0.29, 0.717) is 0 Å². The van der Waals surface area contributed by atoms with E-state index in [2.05, 4.69) is 9.44 Å². The molecule has 1 aromatic rings.